The summed E-state index contributed by atoms with van der Waals surface area (Å²) in [6, 6.07) is 10.7. The normalized spacial score (nSPS) is 10.8. The fourth-order valence-electron chi connectivity index (χ4n) is 2.98. The first-order chi connectivity index (χ1) is 13.4. The molecule has 0 aliphatic rings. The van der Waals surface area contributed by atoms with Gasteiger partial charge in [-0.05, 0) is 54.8 Å². The van der Waals surface area contributed by atoms with Crippen molar-refractivity contribution in [2.75, 3.05) is 12.4 Å². The Hall–Kier alpha value is -2.47. The molecule has 144 valence electrons. The summed E-state index contributed by atoms with van der Waals surface area (Å²) >= 11 is 12.3. The number of halogens is 2. The van der Waals surface area contributed by atoms with Crippen molar-refractivity contribution < 1.29 is 9.53 Å². The summed E-state index contributed by atoms with van der Waals surface area (Å²) in [6.45, 7) is 4.39. The Morgan fingerprint density at radius 2 is 1.82 bits per heavy atom. The molecule has 0 saturated carbocycles. The number of benzene rings is 2. The van der Waals surface area contributed by atoms with E-state index >= 15 is 0 Å². The first-order valence-electron chi connectivity index (χ1n) is 8.58. The Kier molecular flexibility index (Phi) is 6.29. The van der Waals surface area contributed by atoms with Crippen LogP contribution < -0.4 is 5.32 Å². The van der Waals surface area contributed by atoms with Crippen molar-refractivity contribution >= 4 is 34.8 Å². The van der Waals surface area contributed by atoms with Gasteiger partial charge in [0, 0.05) is 29.6 Å². The predicted octanol–water partition coefficient (Wildman–Crippen LogP) is 5.47. The van der Waals surface area contributed by atoms with Crippen molar-refractivity contribution in [1.29, 1.82) is 0 Å². The zero-order chi connectivity index (χ0) is 20.3. The van der Waals surface area contributed by atoms with E-state index in [4.69, 9.17) is 27.9 Å². The van der Waals surface area contributed by atoms with Gasteiger partial charge in [-0.1, -0.05) is 35.3 Å². The van der Waals surface area contributed by atoms with Crippen LogP contribution in [0, 0.1) is 13.8 Å². The predicted molar refractivity (Wildman–Crippen MR) is 112 cm³/mol. The van der Waals surface area contributed by atoms with E-state index in [0.717, 1.165) is 22.4 Å². The maximum absolute atomic E-state index is 12.7. The number of nitrogens with one attached hydrogen (secondary N) is 1. The van der Waals surface area contributed by atoms with Gasteiger partial charge in [0.1, 0.15) is 0 Å². The largest absolute Gasteiger partial charge is 0.380 e. The Labute approximate surface area is 173 Å². The number of hydrogen-bond donors (Lipinski definition) is 1. The van der Waals surface area contributed by atoms with Crippen molar-refractivity contribution in [3.63, 3.8) is 0 Å². The van der Waals surface area contributed by atoms with Crippen molar-refractivity contribution in [3.05, 3.63) is 75.2 Å². The first-order valence-corrected chi connectivity index (χ1v) is 9.33. The van der Waals surface area contributed by atoms with Crippen LogP contribution in [0.25, 0.3) is 11.3 Å². The number of hydrogen-bond acceptors (Lipinski definition) is 4. The van der Waals surface area contributed by atoms with E-state index in [1.165, 1.54) is 6.20 Å². The minimum absolute atomic E-state index is 0.0494. The number of amides is 1. The van der Waals surface area contributed by atoms with Crippen molar-refractivity contribution in [2.45, 2.75) is 20.5 Å². The van der Waals surface area contributed by atoms with Gasteiger partial charge in [0.15, 0.2) is 0 Å². The van der Waals surface area contributed by atoms with Crippen molar-refractivity contribution in [2.24, 2.45) is 0 Å². The molecule has 0 aliphatic carbocycles. The smallest absolute Gasteiger partial charge is 0.293 e. The molecular formula is C21H19Cl2N3O2. The number of carbonyl (C=O) groups excluding carboxylic acids is 1. The SMILES string of the molecule is COCc1cc(C)c(NC(=O)c2nccc(-c3cc(Cl)ccc3Cl)n2)c(C)c1. The van der Waals surface area contributed by atoms with E-state index in [2.05, 4.69) is 15.3 Å². The fraction of sp³-hybridized carbons (Fsp3) is 0.190. The quantitative estimate of drug-likeness (QED) is 0.600. The fourth-order valence-corrected chi connectivity index (χ4v) is 3.37. The molecule has 1 aromatic heterocycles. The van der Waals surface area contributed by atoms with E-state index in [-0.39, 0.29) is 5.82 Å². The highest BCUT2D eigenvalue weighted by molar-refractivity contribution is 6.35. The van der Waals surface area contributed by atoms with Gasteiger partial charge in [-0.2, -0.15) is 0 Å². The van der Waals surface area contributed by atoms with E-state index in [1.54, 1.807) is 31.4 Å². The van der Waals surface area contributed by atoms with Gasteiger partial charge in [0.25, 0.3) is 5.91 Å². The molecule has 3 aromatic rings. The number of rotatable bonds is 5. The molecule has 0 spiro atoms. The molecule has 5 nitrogen and oxygen atoms in total. The van der Waals surface area contributed by atoms with E-state index in [1.807, 2.05) is 26.0 Å². The molecule has 0 fully saturated rings. The minimum Gasteiger partial charge on any atom is -0.380 e. The summed E-state index contributed by atoms with van der Waals surface area (Å²) in [4.78, 5) is 21.2. The van der Waals surface area contributed by atoms with E-state index < -0.39 is 5.91 Å². The molecule has 1 heterocycles. The maximum atomic E-state index is 12.7. The summed E-state index contributed by atoms with van der Waals surface area (Å²) in [5, 5.41) is 3.93. The average Bonchev–Trinajstić information content (AvgIpc) is 2.67. The minimum atomic E-state index is -0.398. The van der Waals surface area contributed by atoms with Gasteiger partial charge >= 0.3 is 0 Å². The first kappa shape index (κ1) is 20.3. The Morgan fingerprint density at radius 3 is 2.50 bits per heavy atom. The molecule has 7 heteroatoms. The van der Waals surface area contributed by atoms with Crippen LogP contribution in [0.5, 0.6) is 0 Å². The topological polar surface area (TPSA) is 64.1 Å². The lowest BCUT2D eigenvalue weighted by Crippen LogP contribution is -2.17. The molecule has 0 bridgehead atoms. The van der Waals surface area contributed by atoms with Gasteiger partial charge in [-0.25, -0.2) is 9.97 Å². The van der Waals surface area contributed by atoms with Gasteiger partial charge < -0.3 is 10.1 Å². The second-order valence-electron chi connectivity index (χ2n) is 6.38. The standard InChI is InChI=1S/C21H19Cl2N3O2/c1-12-8-14(11-28-3)9-13(2)19(12)26-21(27)20-24-7-6-18(25-20)16-10-15(22)4-5-17(16)23/h4-10H,11H2,1-3H3,(H,26,27). The number of aromatic nitrogens is 2. The number of ether oxygens (including phenoxy) is 1. The number of methoxy groups -OCH3 is 1. The highest BCUT2D eigenvalue weighted by Gasteiger charge is 2.15. The molecule has 0 radical (unpaired) electrons. The molecule has 3 rings (SSSR count). The molecule has 28 heavy (non-hydrogen) atoms. The van der Waals surface area contributed by atoms with Gasteiger partial charge in [-0.3, -0.25) is 4.79 Å². The third kappa shape index (κ3) is 4.50. The monoisotopic (exact) mass is 415 g/mol. The van der Waals surface area contributed by atoms with Gasteiger partial charge in [-0.15, -0.1) is 0 Å². The van der Waals surface area contributed by atoms with E-state index in [0.29, 0.717) is 27.9 Å². The highest BCUT2D eigenvalue weighted by Crippen LogP contribution is 2.29. The Balaban J connectivity index is 1.89. The summed E-state index contributed by atoms with van der Waals surface area (Å²) in [5.74, 6) is -0.348. The lowest BCUT2D eigenvalue weighted by molar-refractivity contribution is 0.101. The second-order valence-corrected chi connectivity index (χ2v) is 7.23. The summed E-state index contributed by atoms with van der Waals surface area (Å²) in [5.41, 5.74) is 4.83. The van der Waals surface area contributed by atoms with Crippen LogP contribution in [-0.2, 0) is 11.3 Å². The molecule has 0 saturated heterocycles. The van der Waals surface area contributed by atoms with Crippen LogP contribution >= 0.6 is 23.2 Å². The summed E-state index contributed by atoms with van der Waals surface area (Å²) in [7, 11) is 1.65. The number of nitrogens with zero attached hydrogens (tertiary/aromatic N) is 2. The third-order valence-electron chi connectivity index (χ3n) is 4.21. The Bertz CT molecular complexity index is 1010. The zero-order valence-electron chi connectivity index (χ0n) is 15.7. The lowest BCUT2D eigenvalue weighted by Gasteiger charge is -2.13. The average molecular weight is 416 g/mol. The lowest BCUT2D eigenvalue weighted by atomic mass is 10.0. The Morgan fingerprint density at radius 1 is 1.11 bits per heavy atom. The molecule has 0 aliphatic heterocycles. The summed E-state index contributed by atoms with van der Waals surface area (Å²) in [6.07, 6.45) is 1.52. The van der Waals surface area contributed by atoms with Gasteiger partial charge in [0.05, 0.1) is 17.3 Å². The van der Waals surface area contributed by atoms with Crippen LogP contribution in [0.1, 0.15) is 27.3 Å². The van der Waals surface area contributed by atoms with Crippen LogP contribution in [-0.4, -0.2) is 23.0 Å². The summed E-state index contributed by atoms with van der Waals surface area (Å²) < 4.78 is 5.17. The number of aryl methyl sites for hydroxylation is 2. The van der Waals surface area contributed by atoms with Crippen molar-refractivity contribution in [1.82, 2.24) is 9.97 Å². The molecular weight excluding hydrogens is 397 g/mol. The van der Waals surface area contributed by atoms with Crippen LogP contribution in [0.15, 0.2) is 42.6 Å². The van der Waals surface area contributed by atoms with Crippen LogP contribution in [0.4, 0.5) is 5.69 Å². The molecule has 1 amide bonds. The molecule has 0 unspecified atom stereocenters. The zero-order valence-corrected chi connectivity index (χ0v) is 17.2. The second kappa shape index (κ2) is 8.69. The number of carbonyl (C=O) groups is 1. The maximum Gasteiger partial charge on any atom is 0.293 e. The third-order valence-corrected chi connectivity index (χ3v) is 4.77. The van der Waals surface area contributed by atoms with Crippen LogP contribution in [0.2, 0.25) is 10.0 Å². The molecule has 0 atom stereocenters. The van der Waals surface area contributed by atoms with Crippen molar-refractivity contribution in [3.8, 4) is 11.3 Å². The highest BCUT2D eigenvalue weighted by atomic mass is 35.5. The molecule has 1 N–H and O–H groups in total. The molecule has 2 aromatic carbocycles. The van der Waals surface area contributed by atoms with E-state index in [9.17, 15) is 4.79 Å². The van der Waals surface area contributed by atoms with Gasteiger partial charge in [0.2, 0.25) is 5.82 Å². The number of anilines is 1. The van der Waals surface area contributed by atoms with Crippen LogP contribution in [0.3, 0.4) is 0 Å².